The second-order valence-corrected chi connectivity index (χ2v) is 3.14. The second-order valence-electron chi connectivity index (χ2n) is 2.33. The lowest BCUT2D eigenvalue weighted by atomic mass is 10.4. The van der Waals surface area contributed by atoms with Gasteiger partial charge in [-0.2, -0.15) is 0 Å². The lowest BCUT2D eigenvalue weighted by molar-refractivity contribution is -0.128. The highest BCUT2D eigenvalue weighted by atomic mass is 32.2. The Morgan fingerprint density at radius 2 is 2.27 bits per heavy atom. The molecule has 3 heteroatoms. The van der Waals surface area contributed by atoms with Crippen molar-refractivity contribution in [2.45, 2.75) is 26.7 Å². The fraction of sp³-hybridized carbons (Fsp3) is 0.625. The van der Waals surface area contributed by atoms with Crippen LogP contribution >= 0.6 is 12.0 Å². The van der Waals surface area contributed by atoms with Gasteiger partial charge in [-0.1, -0.05) is 19.9 Å². The minimum atomic E-state index is -0.314. The maximum atomic E-state index is 10.8. The van der Waals surface area contributed by atoms with E-state index >= 15 is 0 Å². The van der Waals surface area contributed by atoms with Crippen LogP contribution in [0.5, 0.6) is 0 Å². The third kappa shape index (κ3) is 5.98. The quantitative estimate of drug-likeness (QED) is 0.364. The minimum Gasteiger partial charge on any atom is -0.388 e. The van der Waals surface area contributed by atoms with Crippen LogP contribution in [0, 0.1) is 0 Å². The number of unbranched alkanes of at least 4 members (excludes halogenated alkanes) is 1. The van der Waals surface area contributed by atoms with E-state index in [2.05, 4.69) is 13.5 Å². The Morgan fingerprint density at radius 1 is 1.64 bits per heavy atom. The molecule has 0 N–H and O–H groups in total. The fourth-order valence-corrected chi connectivity index (χ4v) is 1.11. The summed E-state index contributed by atoms with van der Waals surface area (Å²) in [4.78, 5) is 10.8. The van der Waals surface area contributed by atoms with Gasteiger partial charge in [0.1, 0.15) is 0 Å². The van der Waals surface area contributed by atoms with Gasteiger partial charge in [0.25, 0.3) is 0 Å². The van der Waals surface area contributed by atoms with Gasteiger partial charge in [0.15, 0.2) is 0 Å². The summed E-state index contributed by atoms with van der Waals surface area (Å²) in [7, 11) is 0. The van der Waals surface area contributed by atoms with Crippen LogP contribution in [0.15, 0.2) is 12.2 Å². The molecule has 64 valence electrons. The highest BCUT2D eigenvalue weighted by Crippen LogP contribution is 2.08. The lowest BCUT2D eigenvalue weighted by Gasteiger charge is -1.99. The number of carbonyl (C=O) groups excluding carboxylic acids is 1. The van der Waals surface area contributed by atoms with Crippen molar-refractivity contribution in [3.05, 3.63) is 12.2 Å². The predicted octanol–water partition coefficient (Wildman–Crippen LogP) is 2.55. The summed E-state index contributed by atoms with van der Waals surface area (Å²) in [6, 6.07) is 0. The van der Waals surface area contributed by atoms with Gasteiger partial charge in [-0.15, -0.1) is 0 Å². The van der Waals surface area contributed by atoms with Crippen molar-refractivity contribution in [2.24, 2.45) is 0 Å². The molecule has 0 amide bonds. The largest absolute Gasteiger partial charge is 0.388 e. The van der Waals surface area contributed by atoms with Gasteiger partial charge < -0.3 is 4.18 Å². The maximum Gasteiger partial charge on any atom is 0.345 e. The molecule has 0 saturated carbocycles. The molecular weight excluding hydrogens is 160 g/mol. The molecule has 0 aliphatic heterocycles. The smallest absolute Gasteiger partial charge is 0.345 e. The monoisotopic (exact) mass is 174 g/mol. The zero-order valence-corrected chi connectivity index (χ0v) is 7.87. The average molecular weight is 174 g/mol. The Kier molecular flexibility index (Phi) is 6.03. The van der Waals surface area contributed by atoms with Crippen LogP contribution in [0.2, 0.25) is 0 Å². The molecule has 0 rings (SSSR count). The summed E-state index contributed by atoms with van der Waals surface area (Å²) >= 11 is 1.20. The molecule has 0 unspecified atom stereocenters. The van der Waals surface area contributed by atoms with Crippen molar-refractivity contribution < 1.29 is 8.98 Å². The highest BCUT2D eigenvalue weighted by molar-refractivity contribution is 7.95. The molecule has 0 radical (unpaired) electrons. The van der Waals surface area contributed by atoms with Crippen molar-refractivity contribution in [2.75, 3.05) is 5.75 Å². The highest BCUT2D eigenvalue weighted by Gasteiger charge is 2.02. The number of carbonyl (C=O) groups is 1. The molecule has 0 aliphatic carbocycles. The van der Waals surface area contributed by atoms with Gasteiger partial charge in [-0.25, -0.2) is 4.79 Å². The Hall–Kier alpha value is -0.440. The zero-order chi connectivity index (χ0) is 8.69. The van der Waals surface area contributed by atoms with E-state index in [1.54, 1.807) is 6.92 Å². The number of hydrogen-bond acceptors (Lipinski definition) is 3. The summed E-state index contributed by atoms with van der Waals surface area (Å²) in [5.41, 5.74) is 0.453. The molecule has 11 heavy (non-hydrogen) atoms. The lowest BCUT2D eigenvalue weighted by Crippen LogP contribution is -1.99. The first-order chi connectivity index (χ1) is 5.18. The van der Waals surface area contributed by atoms with E-state index in [9.17, 15) is 4.79 Å². The van der Waals surface area contributed by atoms with Crippen LogP contribution in [0.3, 0.4) is 0 Å². The van der Waals surface area contributed by atoms with Crippen molar-refractivity contribution >= 4 is 18.0 Å². The van der Waals surface area contributed by atoms with Crippen LogP contribution in [0.1, 0.15) is 26.7 Å². The fourth-order valence-electron chi connectivity index (χ4n) is 0.370. The van der Waals surface area contributed by atoms with Gasteiger partial charge >= 0.3 is 5.97 Å². The maximum absolute atomic E-state index is 10.8. The molecule has 0 heterocycles. The van der Waals surface area contributed by atoms with E-state index in [0.717, 1.165) is 18.6 Å². The average Bonchev–Trinajstić information content (AvgIpc) is 1.97. The first kappa shape index (κ1) is 10.6. The molecule has 0 atom stereocenters. The Balaban J connectivity index is 3.25. The molecule has 0 aliphatic rings. The first-order valence-corrected chi connectivity index (χ1v) is 4.58. The molecule has 0 bridgehead atoms. The van der Waals surface area contributed by atoms with Gasteiger partial charge in [0.05, 0.1) is 12.0 Å². The SMILES string of the molecule is C=C(C)C(=O)OSCCCC. The summed E-state index contributed by atoms with van der Waals surface area (Å²) in [6.07, 6.45) is 2.20. The van der Waals surface area contributed by atoms with Gasteiger partial charge in [-0.3, -0.25) is 0 Å². The molecule has 0 saturated heterocycles. The van der Waals surface area contributed by atoms with Gasteiger partial charge in [-0.05, 0) is 13.3 Å². The van der Waals surface area contributed by atoms with Crippen LogP contribution in [-0.4, -0.2) is 11.7 Å². The molecule has 2 nitrogen and oxygen atoms in total. The summed E-state index contributed by atoms with van der Waals surface area (Å²) in [5.74, 6) is 0.557. The van der Waals surface area contributed by atoms with Crippen molar-refractivity contribution in [3.8, 4) is 0 Å². The van der Waals surface area contributed by atoms with Gasteiger partial charge in [0.2, 0.25) is 0 Å². The Labute approximate surface area is 72.2 Å². The predicted molar refractivity (Wildman–Crippen MR) is 48.3 cm³/mol. The Morgan fingerprint density at radius 3 is 2.73 bits per heavy atom. The standard InChI is InChI=1S/C8H14O2S/c1-4-5-6-11-10-8(9)7(2)3/h2,4-6H2,1,3H3. The molecule has 0 aromatic carbocycles. The number of rotatable bonds is 5. The van der Waals surface area contributed by atoms with Crippen molar-refractivity contribution in [3.63, 3.8) is 0 Å². The molecule has 0 fully saturated rings. The third-order valence-electron chi connectivity index (χ3n) is 1.06. The molecule has 0 aromatic rings. The number of hydrogen-bond donors (Lipinski definition) is 0. The van der Waals surface area contributed by atoms with E-state index in [-0.39, 0.29) is 5.97 Å². The normalized spacial score (nSPS) is 9.27. The summed E-state index contributed by atoms with van der Waals surface area (Å²) < 4.78 is 4.78. The zero-order valence-electron chi connectivity index (χ0n) is 7.05. The molecule has 0 spiro atoms. The molecular formula is C8H14O2S. The van der Waals surface area contributed by atoms with Crippen LogP contribution in [0.4, 0.5) is 0 Å². The van der Waals surface area contributed by atoms with Crippen LogP contribution in [0.25, 0.3) is 0 Å². The third-order valence-corrected chi connectivity index (χ3v) is 1.79. The van der Waals surface area contributed by atoms with E-state index in [1.165, 1.54) is 12.0 Å². The minimum absolute atomic E-state index is 0.314. The van der Waals surface area contributed by atoms with E-state index < -0.39 is 0 Å². The van der Waals surface area contributed by atoms with Crippen molar-refractivity contribution in [1.29, 1.82) is 0 Å². The van der Waals surface area contributed by atoms with E-state index in [0.29, 0.717) is 5.57 Å². The topological polar surface area (TPSA) is 26.3 Å². The van der Waals surface area contributed by atoms with Crippen molar-refractivity contribution in [1.82, 2.24) is 0 Å². The molecule has 0 aromatic heterocycles. The van der Waals surface area contributed by atoms with Gasteiger partial charge in [0, 0.05) is 11.3 Å². The second kappa shape index (κ2) is 6.28. The summed E-state index contributed by atoms with van der Waals surface area (Å²) in [6.45, 7) is 7.21. The summed E-state index contributed by atoms with van der Waals surface area (Å²) in [5, 5.41) is 0. The van der Waals surface area contributed by atoms with E-state index in [4.69, 9.17) is 4.18 Å². The van der Waals surface area contributed by atoms with Crippen LogP contribution < -0.4 is 0 Å². The first-order valence-electron chi connectivity index (χ1n) is 3.67. The van der Waals surface area contributed by atoms with E-state index in [1.807, 2.05) is 0 Å². The Bertz CT molecular complexity index is 143. The van der Waals surface area contributed by atoms with Crippen LogP contribution in [-0.2, 0) is 8.98 Å².